The zero-order valence-corrected chi connectivity index (χ0v) is 11.5. The van der Waals surface area contributed by atoms with Gasteiger partial charge in [-0.05, 0) is 73.4 Å². The van der Waals surface area contributed by atoms with E-state index < -0.39 is 0 Å². The van der Waals surface area contributed by atoms with Crippen molar-refractivity contribution in [3.8, 4) is 0 Å². The first-order chi connectivity index (χ1) is 7.58. The summed E-state index contributed by atoms with van der Waals surface area (Å²) in [6.07, 6.45) is 5.24. The van der Waals surface area contributed by atoms with Crippen LogP contribution < -0.4 is 5.32 Å². The van der Waals surface area contributed by atoms with Gasteiger partial charge in [0.2, 0.25) is 0 Å². The van der Waals surface area contributed by atoms with Gasteiger partial charge in [-0.25, -0.2) is 0 Å². The lowest BCUT2D eigenvalue weighted by Crippen LogP contribution is -2.38. The molecule has 1 N–H and O–H groups in total. The molecule has 0 aromatic heterocycles. The van der Waals surface area contributed by atoms with Crippen LogP contribution in [0.5, 0.6) is 0 Å². The molecule has 0 amide bonds. The molecule has 1 heterocycles. The minimum atomic E-state index is 0.649. The Hall–Kier alpha value is -0.120. The summed E-state index contributed by atoms with van der Waals surface area (Å²) in [7, 11) is 6.53. The summed E-state index contributed by atoms with van der Waals surface area (Å²) in [6.45, 7) is 6.02. The fourth-order valence-electron chi connectivity index (χ4n) is 2.34. The van der Waals surface area contributed by atoms with E-state index in [1.807, 2.05) is 0 Å². The highest BCUT2D eigenvalue weighted by atomic mass is 15.1. The number of nitrogens with one attached hydrogen (secondary N) is 1. The number of hydrogen-bond acceptors (Lipinski definition) is 3. The topological polar surface area (TPSA) is 18.5 Å². The van der Waals surface area contributed by atoms with Crippen molar-refractivity contribution in [2.45, 2.75) is 44.7 Å². The maximum atomic E-state index is 3.78. The number of hydrogen-bond donors (Lipinski definition) is 1. The molecule has 3 heteroatoms. The average molecular weight is 227 g/mol. The van der Waals surface area contributed by atoms with Gasteiger partial charge >= 0.3 is 0 Å². The molecule has 2 unspecified atom stereocenters. The van der Waals surface area contributed by atoms with Crippen LogP contribution in [0.25, 0.3) is 0 Å². The van der Waals surface area contributed by atoms with Crippen LogP contribution in [0, 0.1) is 0 Å². The average Bonchev–Trinajstić information content (AvgIpc) is 2.41. The molecule has 0 aromatic rings. The molecule has 3 nitrogen and oxygen atoms in total. The minimum Gasteiger partial charge on any atom is -0.311 e. The number of rotatable bonds is 5. The third-order valence-corrected chi connectivity index (χ3v) is 3.48. The molecule has 96 valence electrons. The highest BCUT2D eigenvalue weighted by Gasteiger charge is 2.16. The Balaban J connectivity index is 2.19. The highest BCUT2D eigenvalue weighted by Crippen LogP contribution is 2.10. The first kappa shape index (κ1) is 13.9. The van der Waals surface area contributed by atoms with Gasteiger partial charge in [-0.1, -0.05) is 0 Å². The molecule has 0 aromatic carbocycles. The molecule has 1 fully saturated rings. The fourth-order valence-corrected chi connectivity index (χ4v) is 2.34. The Kier molecular flexibility index (Phi) is 6.32. The zero-order chi connectivity index (χ0) is 12.0. The molecule has 1 aliphatic heterocycles. The molecular weight excluding hydrogens is 198 g/mol. The quantitative estimate of drug-likeness (QED) is 0.766. The summed E-state index contributed by atoms with van der Waals surface area (Å²) in [5, 5.41) is 3.78. The predicted octanol–water partition coefficient (Wildman–Crippen LogP) is 1.40. The smallest absolute Gasteiger partial charge is 0.00821 e. The van der Waals surface area contributed by atoms with Crippen molar-refractivity contribution in [2.24, 2.45) is 0 Å². The third-order valence-electron chi connectivity index (χ3n) is 3.48. The van der Waals surface area contributed by atoms with Crippen molar-refractivity contribution in [2.75, 3.05) is 40.8 Å². The SMILES string of the molecule is CC(CCN(C)C)NC1CCCN(C)CC1. The Bertz CT molecular complexity index is 182. The summed E-state index contributed by atoms with van der Waals surface area (Å²) in [5.74, 6) is 0. The van der Waals surface area contributed by atoms with Gasteiger partial charge in [0, 0.05) is 12.1 Å². The summed E-state index contributed by atoms with van der Waals surface area (Å²) < 4.78 is 0. The van der Waals surface area contributed by atoms with E-state index in [2.05, 4.69) is 43.2 Å². The number of nitrogens with zero attached hydrogens (tertiary/aromatic N) is 2. The summed E-state index contributed by atoms with van der Waals surface area (Å²) in [4.78, 5) is 4.71. The lowest BCUT2D eigenvalue weighted by Gasteiger charge is -2.23. The molecule has 16 heavy (non-hydrogen) atoms. The molecule has 0 saturated carbocycles. The molecule has 0 bridgehead atoms. The minimum absolute atomic E-state index is 0.649. The molecule has 0 spiro atoms. The second-order valence-corrected chi connectivity index (χ2v) is 5.59. The van der Waals surface area contributed by atoms with Crippen molar-refractivity contribution in [3.63, 3.8) is 0 Å². The third kappa shape index (κ3) is 5.83. The lowest BCUT2D eigenvalue weighted by atomic mass is 10.1. The molecule has 1 aliphatic rings. The summed E-state index contributed by atoms with van der Waals surface area (Å²) >= 11 is 0. The second-order valence-electron chi connectivity index (χ2n) is 5.59. The summed E-state index contributed by atoms with van der Waals surface area (Å²) in [6, 6.07) is 1.39. The first-order valence-electron chi connectivity index (χ1n) is 6.67. The van der Waals surface area contributed by atoms with Crippen molar-refractivity contribution in [1.29, 1.82) is 0 Å². The van der Waals surface area contributed by atoms with E-state index in [0.717, 1.165) is 6.04 Å². The van der Waals surface area contributed by atoms with E-state index in [1.54, 1.807) is 0 Å². The van der Waals surface area contributed by atoms with Gasteiger partial charge in [-0.3, -0.25) is 0 Å². The van der Waals surface area contributed by atoms with Gasteiger partial charge in [0.1, 0.15) is 0 Å². The van der Waals surface area contributed by atoms with Crippen LogP contribution in [-0.2, 0) is 0 Å². The van der Waals surface area contributed by atoms with E-state index in [-0.39, 0.29) is 0 Å². The monoisotopic (exact) mass is 227 g/mol. The van der Waals surface area contributed by atoms with Crippen molar-refractivity contribution < 1.29 is 0 Å². The molecular formula is C13H29N3. The zero-order valence-electron chi connectivity index (χ0n) is 11.5. The summed E-state index contributed by atoms with van der Waals surface area (Å²) in [5.41, 5.74) is 0. The van der Waals surface area contributed by atoms with E-state index in [4.69, 9.17) is 0 Å². The van der Waals surface area contributed by atoms with Crippen LogP contribution in [0.1, 0.15) is 32.6 Å². The van der Waals surface area contributed by atoms with Crippen LogP contribution in [0.15, 0.2) is 0 Å². The fraction of sp³-hybridized carbons (Fsp3) is 1.00. The normalized spacial score (nSPS) is 25.7. The van der Waals surface area contributed by atoms with Crippen LogP contribution in [-0.4, -0.2) is 62.7 Å². The molecule has 1 rings (SSSR count). The van der Waals surface area contributed by atoms with Gasteiger partial charge in [0.05, 0.1) is 0 Å². The maximum Gasteiger partial charge on any atom is 0.00821 e. The van der Waals surface area contributed by atoms with Gasteiger partial charge in [-0.2, -0.15) is 0 Å². The van der Waals surface area contributed by atoms with Crippen molar-refractivity contribution in [1.82, 2.24) is 15.1 Å². The Morgan fingerprint density at radius 3 is 2.75 bits per heavy atom. The highest BCUT2D eigenvalue weighted by molar-refractivity contribution is 4.76. The molecule has 0 aliphatic carbocycles. The van der Waals surface area contributed by atoms with Gasteiger partial charge in [0.25, 0.3) is 0 Å². The van der Waals surface area contributed by atoms with Gasteiger partial charge in [-0.15, -0.1) is 0 Å². The lowest BCUT2D eigenvalue weighted by molar-refractivity contribution is 0.325. The molecule has 0 radical (unpaired) electrons. The maximum absolute atomic E-state index is 3.78. The van der Waals surface area contributed by atoms with Gasteiger partial charge in [0.15, 0.2) is 0 Å². The first-order valence-corrected chi connectivity index (χ1v) is 6.67. The van der Waals surface area contributed by atoms with Crippen LogP contribution in [0.2, 0.25) is 0 Å². The molecule has 1 saturated heterocycles. The predicted molar refractivity (Wildman–Crippen MR) is 70.9 cm³/mol. The van der Waals surface area contributed by atoms with Crippen LogP contribution in [0.3, 0.4) is 0 Å². The Morgan fingerprint density at radius 1 is 1.31 bits per heavy atom. The van der Waals surface area contributed by atoms with Crippen LogP contribution in [0.4, 0.5) is 0 Å². The standard InChI is InChI=1S/C13H29N3/c1-12(7-10-15(2)3)14-13-6-5-9-16(4)11-8-13/h12-14H,5-11H2,1-4H3. The van der Waals surface area contributed by atoms with Crippen LogP contribution >= 0.6 is 0 Å². The van der Waals surface area contributed by atoms with Crippen molar-refractivity contribution in [3.05, 3.63) is 0 Å². The Labute approximate surface area is 101 Å². The van der Waals surface area contributed by atoms with E-state index in [9.17, 15) is 0 Å². The second kappa shape index (κ2) is 7.25. The van der Waals surface area contributed by atoms with E-state index in [1.165, 1.54) is 45.3 Å². The van der Waals surface area contributed by atoms with Crippen molar-refractivity contribution >= 4 is 0 Å². The largest absolute Gasteiger partial charge is 0.311 e. The van der Waals surface area contributed by atoms with E-state index >= 15 is 0 Å². The number of likely N-dealkylation sites (tertiary alicyclic amines) is 1. The molecule has 2 atom stereocenters. The van der Waals surface area contributed by atoms with E-state index in [0.29, 0.717) is 6.04 Å². The Morgan fingerprint density at radius 2 is 2.06 bits per heavy atom. The van der Waals surface area contributed by atoms with Gasteiger partial charge < -0.3 is 15.1 Å².